The van der Waals surface area contributed by atoms with E-state index >= 15 is 0 Å². The van der Waals surface area contributed by atoms with E-state index in [0.717, 1.165) is 0 Å². The number of nitrogens with one attached hydrogen (secondary N) is 1. The van der Waals surface area contributed by atoms with Crippen LogP contribution in [0.4, 0.5) is 0 Å². The van der Waals surface area contributed by atoms with E-state index in [0.29, 0.717) is 7.48 Å². The molecule has 1 N–H and O–H groups in total. The SMILES string of the molecule is C=C(NOBC)C(=O)OC. The van der Waals surface area contributed by atoms with Gasteiger partial charge in [-0.15, -0.1) is 0 Å². The number of hydrogen-bond acceptors (Lipinski definition) is 4. The second kappa shape index (κ2) is 4.87. The van der Waals surface area contributed by atoms with E-state index in [2.05, 4.69) is 21.6 Å². The van der Waals surface area contributed by atoms with E-state index in [1.54, 1.807) is 6.82 Å². The summed E-state index contributed by atoms with van der Waals surface area (Å²) >= 11 is 0. The molecule has 0 unspecified atom stereocenters. The van der Waals surface area contributed by atoms with Gasteiger partial charge < -0.3 is 9.49 Å². The molecular weight excluding hydrogens is 133 g/mol. The number of ether oxygens (including phenoxy) is 1. The van der Waals surface area contributed by atoms with E-state index in [9.17, 15) is 4.79 Å². The topological polar surface area (TPSA) is 47.6 Å². The maximum Gasteiger partial charge on any atom is 0.355 e. The molecule has 0 aromatic heterocycles. The molecule has 4 nitrogen and oxygen atoms in total. The predicted octanol–water partition coefficient (Wildman–Crippen LogP) is -0.406. The Labute approximate surface area is 60.4 Å². The van der Waals surface area contributed by atoms with Crippen LogP contribution in [-0.4, -0.2) is 20.6 Å². The van der Waals surface area contributed by atoms with Crippen molar-refractivity contribution in [2.45, 2.75) is 6.82 Å². The third kappa shape index (κ3) is 3.14. The van der Waals surface area contributed by atoms with Crippen LogP contribution in [0.3, 0.4) is 0 Å². The lowest BCUT2D eigenvalue weighted by Crippen LogP contribution is -2.21. The standard InChI is InChI=1S/C5H10BNO3/c1-4(5(8)9-3)7-10-6-2/h6-7H,1H2,2-3H3. The summed E-state index contributed by atoms with van der Waals surface area (Å²) in [6.07, 6.45) is 0. The Hall–Kier alpha value is -0.965. The van der Waals surface area contributed by atoms with Crippen LogP contribution in [0.5, 0.6) is 0 Å². The highest BCUT2D eigenvalue weighted by Crippen LogP contribution is 1.86. The number of hydroxylamine groups is 1. The molecule has 0 rings (SSSR count). The maximum atomic E-state index is 10.6. The van der Waals surface area contributed by atoms with Crippen LogP contribution in [0.15, 0.2) is 12.3 Å². The van der Waals surface area contributed by atoms with E-state index in [1.165, 1.54) is 7.11 Å². The van der Waals surface area contributed by atoms with Gasteiger partial charge in [0.15, 0.2) is 0 Å². The van der Waals surface area contributed by atoms with Crippen molar-refractivity contribution in [3.8, 4) is 0 Å². The minimum atomic E-state index is -0.520. The highest BCUT2D eigenvalue weighted by atomic mass is 16.6. The first-order valence-electron chi connectivity index (χ1n) is 2.87. The molecule has 0 aliphatic rings. The molecule has 56 valence electrons. The number of rotatable bonds is 4. The molecule has 0 aromatic carbocycles. The minimum Gasteiger partial charge on any atom is -0.464 e. The van der Waals surface area contributed by atoms with Gasteiger partial charge in [-0.2, -0.15) is 0 Å². The van der Waals surface area contributed by atoms with E-state index in [1.807, 2.05) is 0 Å². The molecule has 0 aliphatic heterocycles. The quantitative estimate of drug-likeness (QED) is 0.251. The van der Waals surface area contributed by atoms with Crippen LogP contribution in [-0.2, 0) is 14.3 Å². The lowest BCUT2D eigenvalue weighted by Gasteiger charge is -2.04. The van der Waals surface area contributed by atoms with Gasteiger partial charge in [-0.3, -0.25) is 5.48 Å². The van der Waals surface area contributed by atoms with Gasteiger partial charge in [0.2, 0.25) is 0 Å². The molecular formula is C5H10BNO3. The second-order valence-corrected chi connectivity index (χ2v) is 1.51. The number of carbonyl (C=O) groups excluding carboxylic acids is 1. The minimum absolute atomic E-state index is 0.101. The van der Waals surface area contributed by atoms with E-state index in [4.69, 9.17) is 0 Å². The van der Waals surface area contributed by atoms with Crippen molar-refractivity contribution >= 4 is 13.5 Å². The van der Waals surface area contributed by atoms with Crippen LogP contribution in [0.2, 0.25) is 6.82 Å². The summed E-state index contributed by atoms with van der Waals surface area (Å²) in [5, 5.41) is 0. The summed E-state index contributed by atoms with van der Waals surface area (Å²) in [4.78, 5) is 10.6. The summed E-state index contributed by atoms with van der Waals surface area (Å²) in [6.45, 7) is 5.14. The molecule has 0 amide bonds. The van der Waals surface area contributed by atoms with Crippen LogP contribution in [0, 0.1) is 0 Å². The molecule has 0 spiro atoms. The van der Waals surface area contributed by atoms with Crippen molar-refractivity contribution in [3.63, 3.8) is 0 Å². The molecule has 0 fully saturated rings. The fourth-order valence-electron chi connectivity index (χ4n) is 0.324. The van der Waals surface area contributed by atoms with E-state index < -0.39 is 5.97 Å². The summed E-state index contributed by atoms with van der Waals surface area (Å²) in [7, 11) is 1.75. The zero-order valence-corrected chi connectivity index (χ0v) is 6.14. The summed E-state index contributed by atoms with van der Waals surface area (Å²) in [5.41, 5.74) is 2.42. The van der Waals surface area contributed by atoms with Crippen molar-refractivity contribution in [1.29, 1.82) is 0 Å². The van der Waals surface area contributed by atoms with Gasteiger partial charge in [0.1, 0.15) is 5.70 Å². The lowest BCUT2D eigenvalue weighted by molar-refractivity contribution is -0.137. The average molecular weight is 143 g/mol. The maximum absolute atomic E-state index is 10.6. The van der Waals surface area contributed by atoms with Gasteiger partial charge in [0.25, 0.3) is 0 Å². The first-order valence-corrected chi connectivity index (χ1v) is 2.87. The molecule has 0 radical (unpaired) electrons. The van der Waals surface area contributed by atoms with Crippen molar-refractivity contribution in [1.82, 2.24) is 5.48 Å². The van der Waals surface area contributed by atoms with Crippen molar-refractivity contribution < 1.29 is 14.3 Å². The van der Waals surface area contributed by atoms with Gasteiger partial charge in [0, 0.05) is 0 Å². The molecule has 0 saturated heterocycles. The van der Waals surface area contributed by atoms with Gasteiger partial charge in [-0.05, 0) is 0 Å². The fourth-order valence-corrected chi connectivity index (χ4v) is 0.324. The highest BCUT2D eigenvalue weighted by Gasteiger charge is 2.03. The Morgan fingerprint density at radius 3 is 2.70 bits per heavy atom. The van der Waals surface area contributed by atoms with Crippen LogP contribution < -0.4 is 5.48 Å². The smallest absolute Gasteiger partial charge is 0.355 e. The Morgan fingerprint density at radius 2 is 2.30 bits per heavy atom. The van der Waals surface area contributed by atoms with Crippen LogP contribution >= 0.6 is 0 Å². The van der Waals surface area contributed by atoms with Gasteiger partial charge in [-0.1, -0.05) is 13.4 Å². The average Bonchev–Trinajstić information content (AvgIpc) is 1.98. The zero-order chi connectivity index (χ0) is 7.98. The summed E-state index contributed by atoms with van der Waals surface area (Å²) < 4.78 is 9.00. The first kappa shape index (κ1) is 9.03. The second-order valence-electron chi connectivity index (χ2n) is 1.51. The van der Waals surface area contributed by atoms with Crippen LogP contribution in [0.1, 0.15) is 0 Å². The number of methoxy groups -OCH3 is 1. The van der Waals surface area contributed by atoms with Crippen molar-refractivity contribution in [3.05, 3.63) is 12.3 Å². The molecule has 0 aliphatic carbocycles. The highest BCUT2D eigenvalue weighted by molar-refractivity contribution is 6.24. The monoisotopic (exact) mass is 143 g/mol. The normalized spacial score (nSPS) is 8.20. The Morgan fingerprint density at radius 1 is 1.70 bits per heavy atom. The first-order chi connectivity index (χ1) is 4.72. The zero-order valence-electron chi connectivity index (χ0n) is 6.14. The molecule has 0 atom stereocenters. The molecule has 0 saturated carbocycles. The van der Waals surface area contributed by atoms with Crippen LogP contribution in [0.25, 0.3) is 0 Å². The molecule has 5 heteroatoms. The molecule has 0 bridgehead atoms. The van der Waals surface area contributed by atoms with Crippen molar-refractivity contribution in [2.75, 3.05) is 7.11 Å². The molecule has 10 heavy (non-hydrogen) atoms. The largest absolute Gasteiger partial charge is 0.464 e. The molecule has 0 heterocycles. The third-order valence-corrected chi connectivity index (χ3v) is 0.772. The van der Waals surface area contributed by atoms with Crippen molar-refractivity contribution in [2.24, 2.45) is 0 Å². The lowest BCUT2D eigenvalue weighted by atomic mass is 10.1. The number of esters is 1. The van der Waals surface area contributed by atoms with Gasteiger partial charge in [-0.25, -0.2) is 4.79 Å². The fraction of sp³-hybridized carbons (Fsp3) is 0.400. The summed E-state index contributed by atoms with van der Waals surface area (Å²) in [6, 6.07) is 0. The molecule has 0 aromatic rings. The number of carbonyl (C=O) groups is 1. The van der Waals surface area contributed by atoms with Gasteiger partial charge in [0.05, 0.1) is 7.11 Å². The summed E-state index contributed by atoms with van der Waals surface area (Å²) in [5.74, 6) is -0.520. The Kier molecular flexibility index (Phi) is 4.40. The Bertz CT molecular complexity index is 137. The predicted molar refractivity (Wildman–Crippen MR) is 38.4 cm³/mol. The van der Waals surface area contributed by atoms with E-state index in [-0.39, 0.29) is 5.70 Å². The number of hydrogen-bond donors (Lipinski definition) is 1. The van der Waals surface area contributed by atoms with Gasteiger partial charge >= 0.3 is 13.5 Å². The third-order valence-electron chi connectivity index (χ3n) is 0.772. The Balaban J connectivity index is 3.52.